The number of anilines is 4. The van der Waals surface area contributed by atoms with Gasteiger partial charge in [-0.2, -0.15) is 0 Å². The smallest absolute Gasteiger partial charge is 0.209 e. The fourth-order valence-corrected chi connectivity index (χ4v) is 5.64. The topological polar surface area (TPSA) is 90.9 Å². The molecule has 1 saturated heterocycles. The quantitative estimate of drug-likeness (QED) is 0.268. The molecule has 0 aliphatic carbocycles. The SMILES string of the molecule is c1ccc(CCNc2nnc(NC3CCN(c4nnc(NCCc5ccccc5)s4)CC3)s2)cc1. The molecule has 1 aliphatic heterocycles. The Bertz CT molecular complexity index is 1160. The lowest BCUT2D eigenvalue weighted by atomic mass is 10.1. The van der Waals surface area contributed by atoms with Crippen LogP contribution in [0.4, 0.5) is 20.5 Å². The highest BCUT2D eigenvalue weighted by atomic mass is 32.1. The molecule has 0 atom stereocenters. The predicted octanol–water partition coefficient (Wildman–Crippen LogP) is 4.78. The molecule has 0 unspecified atom stereocenters. The van der Waals surface area contributed by atoms with Gasteiger partial charge in [0, 0.05) is 32.2 Å². The van der Waals surface area contributed by atoms with Crippen LogP contribution in [0.5, 0.6) is 0 Å². The Morgan fingerprint density at radius 1 is 0.686 bits per heavy atom. The van der Waals surface area contributed by atoms with Gasteiger partial charge in [0.25, 0.3) is 0 Å². The Morgan fingerprint density at radius 3 is 1.86 bits per heavy atom. The molecule has 182 valence electrons. The fraction of sp³-hybridized carbons (Fsp3) is 0.360. The average molecular weight is 507 g/mol. The van der Waals surface area contributed by atoms with Crippen molar-refractivity contribution in [2.75, 3.05) is 47.0 Å². The number of benzene rings is 2. The van der Waals surface area contributed by atoms with Crippen LogP contribution < -0.4 is 20.9 Å². The first-order chi connectivity index (χ1) is 17.3. The first-order valence-corrected chi connectivity index (χ1v) is 13.7. The van der Waals surface area contributed by atoms with Crippen molar-refractivity contribution in [1.82, 2.24) is 20.4 Å². The van der Waals surface area contributed by atoms with E-state index in [4.69, 9.17) is 0 Å². The maximum atomic E-state index is 4.41. The predicted molar refractivity (Wildman–Crippen MR) is 146 cm³/mol. The molecule has 0 radical (unpaired) electrons. The van der Waals surface area contributed by atoms with Crippen molar-refractivity contribution in [1.29, 1.82) is 0 Å². The van der Waals surface area contributed by atoms with Gasteiger partial charge in [0.15, 0.2) is 0 Å². The summed E-state index contributed by atoms with van der Waals surface area (Å²) in [5.74, 6) is 0. The van der Waals surface area contributed by atoms with Crippen molar-refractivity contribution in [2.45, 2.75) is 31.7 Å². The molecule has 2 aromatic carbocycles. The summed E-state index contributed by atoms with van der Waals surface area (Å²) in [6.45, 7) is 3.62. The Balaban J connectivity index is 1.02. The van der Waals surface area contributed by atoms with E-state index in [2.05, 4.69) is 89.8 Å². The van der Waals surface area contributed by atoms with Gasteiger partial charge in [0.1, 0.15) is 0 Å². The van der Waals surface area contributed by atoms with Crippen molar-refractivity contribution in [3.8, 4) is 0 Å². The summed E-state index contributed by atoms with van der Waals surface area (Å²) in [6.07, 6.45) is 4.01. The number of aromatic nitrogens is 4. The Hall–Kier alpha value is -3.24. The van der Waals surface area contributed by atoms with Crippen LogP contribution in [0.1, 0.15) is 24.0 Å². The fourth-order valence-electron chi connectivity index (χ4n) is 4.07. The standard InChI is InChI=1S/C25H30N8S2/c1-3-7-19(8-4-1)11-15-26-22-29-31-24(34-22)28-21-13-17-33(18-14-21)25-32-30-23(35-25)27-16-12-20-9-5-2-6-10-20/h1-10,21H,11-18H2,(H,26,29)(H,27,30)(H,28,31). The number of hydrogen-bond acceptors (Lipinski definition) is 10. The Kier molecular flexibility index (Phi) is 8.02. The molecule has 8 nitrogen and oxygen atoms in total. The molecule has 0 spiro atoms. The van der Waals surface area contributed by atoms with Gasteiger partial charge in [-0.05, 0) is 36.8 Å². The number of piperidine rings is 1. The summed E-state index contributed by atoms with van der Waals surface area (Å²) in [4.78, 5) is 2.33. The first kappa shape index (κ1) is 23.5. The van der Waals surface area contributed by atoms with Crippen LogP contribution in [0, 0.1) is 0 Å². The molecule has 10 heteroatoms. The van der Waals surface area contributed by atoms with E-state index in [1.807, 2.05) is 12.1 Å². The molecule has 0 saturated carbocycles. The molecule has 2 aromatic heterocycles. The molecule has 0 bridgehead atoms. The highest BCUT2D eigenvalue weighted by Gasteiger charge is 2.22. The Labute approximate surface area is 213 Å². The molecular formula is C25H30N8S2. The largest absolute Gasteiger partial charge is 0.360 e. The van der Waals surface area contributed by atoms with Gasteiger partial charge in [-0.3, -0.25) is 0 Å². The number of hydrogen-bond donors (Lipinski definition) is 3. The molecule has 1 fully saturated rings. The summed E-state index contributed by atoms with van der Waals surface area (Å²) >= 11 is 3.21. The molecule has 0 amide bonds. The molecule has 35 heavy (non-hydrogen) atoms. The van der Waals surface area contributed by atoms with Crippen LogP contribution in [-0.4, -0.2) is 52.6 Å². The summed E-state index contributed by atoms with van der Waals surface area (Å²) in [5, 5.41) is 31.3. The normalized spacial score (nSPS) is 14.1. The summed E-state index contributed by atoms with van der Waals surface area (Å²) in [6, 6.07) is 21.4. The van der Waals surface area contributed by atoms with Crippen molar-refractivity contribution in [3.63, 3.8) is 0 Å². The van der Waals surface area contributed by atoms with Gasteiger partial charge in [-0.1, -0.05) is 83.3 Å². The van der Waals surface area contributed by atoms with Gasteiger partial charge in [0.2, 0.25) is 20.5 Å². The monoisotopic (exact) mass is 506 g/mol. The van der Waals surface area contributed by atoms with Crippen LogP contribution in [0.25, 0.3) is 0 Å². The van der Waals surface area contributed by atoms with E-state index in [9.17, 15) is 0 Å². The lowest BCUT2D eigenvalue weighted by Gasteiger charge is -2.31. The van der Waals surface area contributed by atoms with E-state index in [0.717, 1.165) is 72.4 Å². The van der Waals surface area contributed by atoms with Crippen LogP contribution in [0.15, 0.2) is 60.7 Å². The highest BCUT2D eigenvalue weighted by Crippen LogP contribution is 2.28. The second kappa shape index (κ2) is 11.9. The van der Waals surface area contributed by atoms with Crippen LogP contribution in [-0.2, 0) is 12.8 Å². The van der Waals surface area contributed by atoms with E-state index >= 15 is 0 Å². The first-order valence-electron chi connectivity index (χ1n) is 12.1. The lowest BCUT2D eigenvalue weighted by molar-refractivity contribution is 0.524. The summed E-state index contributed by atoms with van der Waals surface area (Å²) < 4.78 is 0. The third-order valence-electron chi connectivity index (χ3n) is 6.00. The minimum absolute atomic E-state index is 0.396. The van der Waals surface area contributed by atoms with E-state index in [-0.39, 0.29) is 0 Å². The molecular weight excluding hydrogens is 476 g/mol. The zero-order valence-electron chi connectivity index (χ0n) is 19.6. The van der Waals surface area contributed by atoms with Crippen molar-refractivity contribution >= 4 is 43.2 Å². The molecule has 4 aromatic rings. The minimum Gasteiger partial charge on any atom is -0.360 e. The lowest BCUT2D eigenvalue weighted by Crippen LogP contribution is -2.39. The molecule has 3 N–H and O–H groups in total. The van der Waals surface area contributed by atoms with E-state index in [0.29, 0.717) is 6.04 Å². The van der Waals surface area contributed by atoms with E-state index in [1.165, 1.54) is 11.1 Å². The van der Waals surface area contributed by atoms with Gasteiger partial charge >= 0.3 is 0 Å². The minimum atomic E-state index is 0.396. The van der Waals surface area contributed by atoms with E-state index < -0.39 is 0 Å². The van der Waals surface area contributed by atoms with Gasteiger partial charge in [-0.15, -0.1) is 20.4 Å². The molecule has 5 rings (SSSR count). The van der Waals surface area contributed by atoms with Crippen molar-refractivity contribution < 1.29 is 0 Å². The van der Waals surface area contributed by atoms with E-state index in [1.54, 1.807) is 22.7 Å². The third kappa shape index (κ3) is 6.89. The maximum Gasteiger partial charge on any atom is 0.209 e. The summed E-state index contributed by atoms with van der Waals surface area (Å²) in [7, 11) is 0. The van der Waals surface area contributed by atoms with Gasteiger partial charge < -0.3 is 20.9 Å². The zero-order valence-corrected chi connectivity index (χ0v) is 21.2. The van der Waals surface area contributed by atoms with Crippen LogP contribution >= 0.6 is 22.7 Å². The number of nitrogens with one attached hydrogen (secondary N) is 3. The second-order valence-corrected chi connectivity index (χ2v) is 10.5. The van der Waals surface area contributed by atoms with Gasteiger partial charge in [-0.25, -0.2) is 0 Å². The number of nitrogens with zero attached hydrogens (tertiary/aromatic N) is 5. The average Bonchev–Trinajstić information content (AvgIpc) is 3.56. The zero-order chi connectivity index (χ0) is 23.7. The molecule has 3 heterocycles. The second-order valence-electron chi connectivity index (χ2n) is 8.53. The van der Waals surface area contributed by atoms with Crippen molar-refractivity contribution in [3.05, 3.63) is 71.8 Å². The maximum absolute atomic E-state index is 4.41. The van der Waals surface area contributed by atoms with Gasteiger partial charge in [0.05, 0.1) is 0 Å². The number of rotatable bonds is 11. The molecule has 1 aliphatic rings. The van der Waals surface area contributed by atoms with Crippen LogP contribution in [0.2, 0.25) is 0 Å². The third-order valence-corrected chi connectivity index (χ3v) is 7.75. The summed E-state index contributed by atoms with van der Waals surface area (Å²) in [5.41, 5.74) is 2.64. The van der Waals surface area contributed by atoms with Crippen molar-refractivity contribution in [2.24, 2.45) is 0 Å². The Morgan fingerprint density at radius 2 is 1.23 bits per heavy atom. The highest BCUT2D eigenvalue weighted by molar-refractivity contribution is 7.19. The van der Waals surface area contributed by atoms with Crippen LogP contribution in [0.3, 0.4) is 0 Å².